The number of ether oxygens (including phenoxy) is 1. The number of carbonyl (C=O) groups is 2. The third-order valence-electron chi connectivity index (χ3n) is 4.77. The standard InChI is InChI=1S/C21H24FN3O3S/c1-3-20(26)24(10-11-28-2)14-21(27)25-18(19-9-6-12-29-19)13-17(23-25)15-7-4-5-8-16(15)22/h4-9,12,18H,3,10-11,13-14H2,1-2H3/t18-/m0/s1. The van der Waals surface area contributed by atoms with Crippen LogP contribution < -0.4 is 0 Å². The molecule has 0 spiro atoms. The lowest BCUT2D eigenvalue weighted by atomic mass is 10.0. The van der Waals surface area contributed by atoms with Crippen molar-refractivity contribution in [3.63, 3.8) is 0 Å². The van der Waals surface area contributed by atoms with Crippen LogP contribution in [-0.4, -0.2) is 54.2 Å². The van der Waals surface area contributed by atoms with Gasteiger partial charge in [-0.3, -0.25) is 9.59 Å². The summed E-state index contributed by atoms with van der Waals surface area (Å²) < 4.78 is 19.3. The molecule has 2 aromatic rings. The molecule has 1 aliphatic heterocycles. The van der Waals surface area contributed by atoms with Gasteiger partial charge in [-0.2, -0.15) is 5.10 Å². The van der Waals surface area contributed by atoms with Crippen molar-refractivity contribution in [2.75, 3.05) is 26.8 Å². The molecule has 0 fully saturated rings. The Kier molecular flexibility index (Phi) is 7.11. The highest BCUT2D eigenvalue weighted by atomic mass is 32.1. The van der Waals surface area contributed by atoms with Gasteiger partial charge >= 0.3 is 0 Å². The van der Waals surface area contributed by atoms with Crippen molar-refractivity contribution in [2.24, 2.45) is 5.10 Å². The van der Waals surface area contributed by atoms with Crippen molar-refractivity contribution >= 4 is 28.9 Å². The summed E-state index contributed by atoms with van der Waals surface area (Å²) in [5.74, 6) is -0.790. The van der Waals surface area contributed by atoms with Crippen LogP contribution in [0.5, 0.6) is 0 Å². The Labute approximate surface area is 173 Å². The summed E-state index contributed by atoms with van der Waals surface area (Å²) in [4.78, 5) is 27.8. The number of rotatable bonds is 8. The molecule has 0 aliphatic carbocycles. The van der Waals surface area contributed by atoms with Gasteiger partial charge in [-0.15, -0.1) is 11.3 Å². The molecule has 6 nitrogen and oxygen atoms in total. The van der Waals surface area contributed by atoms with E-state index in [1.807, 2.05) is 17.5 Å². The predicted octanol–water partition coefficient (Wildman–Crippen LogP) is 3.45. The molecule has 8 heteroatoms. The average Bonchev–Trinajstić information content (AvgIpc) is 3.40. The smallest absolute Gasteiger partial charge is 0.262 e. The Balaban J connectivity index is 1.86. The minimum atomic E-state index is -0.367. The number of thiophene rings is 1. The molecule has 0 bridgehead atoms. The molecule has 154 valence electrons. The van der Waals surface area contributed by atoms with E-state index in [1.54, 1.807) is 32.2 Å². The first kappa shape index (κ1) is 21.1. The van der Waals surface area contributed by atoms with Crippen molar-refractivity contribution in [1.82, 2.24) is 9.91 Å². The average molecular weight is 418 g/mol. The first-order valence-corrected chi connectivity index (χ1v) is 10.4. The summed E-state index contributed by atoms with van der Waals surface area (Å²) >= 11 is 1.52. The third-order valence-corrected chi connectivity index (χ3v) is 5.74. The summed E-state index contributed by atoms with van der Waals surface area (Å²) in [6, 6.07) is 9.97. The Bertz CT molecular complexity index is 885. The van der Waals surface area contributed by atoms with Crippen molar-refractivity contribution in [3.05, 3.63) is 58.0 Å². The molecule has 2 heterocycles. The van der Waals surface area contributed by atoms with E-state index in [1.165, 1.54) is 27.3 Å². The minimum absolute atomic E-state index is 0.0913. The van der Waals surface area contributed by atoms with E-state index in [2.05, 4.69) is 5.10 Å². The van der Waals surface area contributed by atoms with Crippen molar-refractivity contribution in [1.29, 1.82) is 0 Å². The molecule has 0 N–H and O–H groups in total. The summed E-state index contributed by atoms with van der Waals surface area (Å²) in [5.41, 5.74) is 0.922. The van der Waals surface area contributed by atoms with Crippen LogP contribution in [0.2, 0.25) is 0 Å². The van der Waals surface area contributed by atoms with Crippen LogP contribution in [0.1, 0.15) is 36.2 Å². The monoisotopic (exact) mass is 417 g/mol. The Morgan fingerprint density at radius 1 is 1.31 bits per heavy atom. The second-order valence-corrected chi connectivity index (χ2v) is 7.64. The van der Waals surface area contributed by atoms with Crippen LogP contribution in [0.4, 0.5) is 4.39 Å². The van der Waals surface area contributed by atoms with Gasteiger partial charge in [0.2, 0.25) is 5.91 Å². The van der Waals surface area contributed by atoms with Crippen molar-refractivity contribution < 1.29 is 18.7 Å². The van der Waals surface area contributed by atoms with Crippen molar-refractivity contribution in [2.45, 2.75) is 25.8 Å². The van der Waals surface area contributed by atoms with Crippen LogP contribution in [0.3, 0.4) is 0 Å². The lowest BCUT2D eigenvalue weighted by Gasteiger charge is -2.26. The van der Waals surface area contributed by atoms with Gasteiger partial charge in [0.1, 0.15) is 12.4 Å². The van der Waals surface area contributed by atoms with Crippen LogP contribution >= 0.6 is 11.3 Å². The van der Waals surface area contributed by atoms with Gasteiger partial charge < -0.3 is 9.64 Å². The number of nitrogens with zero attached hydrogens (tertiary/aromatic N) is 3. The summed E-state index contributed by atoms with van der Waals surface area (Å²) in [5, 5.41) is 7.81. The largest absolute Gasteiger partial charge is 0.383 e. The van der Waals surface area contributed by atoms with Gasteiger partial charge in [-0.05, 0) is 17.5 Å². The third kappa shape index (κ3) is 4.89. The second kappa shape index (κ2) is 9.76. The van der Waals surface area contributed by atoms with Crippen LogP contribution in [0, 0.1) is 5.82 Å². The maximum absolute atomic E-state index is 14.3. The molecule has 1 atom stereocenters. The van der Waals surface area contributed by atoms with E-state index in [9.17, 15) is 14.0 Å². The topological polar surface area (TPSA) is 62.2 Å². The van der Waals surface area contributed by atoms with Crippen molar-refractivity contribution in [3.8, 4) is 0 Å². The second-order valence-electron chi connectivity index (χ2n) is 6.66. The number of hydrazone groups is 1. The maximum atomic E-state index is 14.3. The van der Waals surface area contributed by atoms with Crippen LogP contribution in [0.15, 0.2) is 46.9 Å². The molecule has 0 radical (unpaired) electrons. The molecule has 29 heavy (non-hydrogen) atoms. The first-order valence-electron chi connectivity index (χ1n) is 9.49. The van der Waals surface area contributed by atoms with Gasteiger partial charge in [0.05, 0.1) is 18.4 Å². The molecular formula is C21H24FN3O3S. The first-order chi connectivity index (χ1) is 14.0. The lowest BCUT2D eigenvalue weighted by molar-refractivity contribution is -0.141. The Morgan fingerprint density at radius 2 is 2.10 bits per heavy atom. The molecule has 1 aliphatic rings. The fourth-order valence-electron chi connectivity index (χ4n) is 3.25. The van der Waals surface area contributed by atoms with E-state index in [0.29, 0.717) is 37.3 Å². The highest BCUT2D eigenvalue weighted by Crippen LogP contribution is 2.35. The highest BCUT2D eigenvalue weighted by molar-refractivity contribution is 7.10. The molecule has 0 unspecified atom stereocenters. The Morgan fingerprint density at radius 3 is 2.76 bits per heavy atom. The molecule has 2 amide bonds. The number of carbonyl (C=O) groups excluding carboxylic acids is 2. The number of hydrogen-bond donors (Lipinski definition) is 0. The van der Waals surface area contributed by atoms with Gasteiger partial charge in [0, 0.05) is 36.9 Å². The number of hydrogen-bond acceptors (Lipinski definition) is 5. The zero-order valence-electron chi connectivity index (χ0n) is 16.5. The summed E-state index contributed by atoms with van der Waals surface area (Å²) in [6.07, 6.45) is 0.724. The van der Waals surface area contributed by atoms with E-state index in [4.69, 9.17) is 4.74 Å². The Hall–Kier alpha value is -2.58. The van der Waals surface area contributed by atoms with E-state index in [0.717, 1.165) is 4.88 Å². The van der Waals surface area contributed by atoms with E-state index in [-0.39, 0.29) is 30.2 Å². The maximum Gasteiger partial charge on any atom is 0.262 e. The molecule has 0 saturated carbocycles. The minimum Gasteiger partial charge on any atom is -0.383 e. The molecule has 0 saturated heterocycles. The number of halogens is 1. The summed E-state index contributed by atoms with van der Waals surface area (Å²) in [7, 11) is 1.55. The fourth-order valence-corrected chi connectivity index (χ4v) is 4.07. The number of methoxy groups -OCH3 is 1. The zero-order valence-corrected chi connectivity index (χ0v) is 17.3. The van der Waals surface area contributed by atoms with E-state index >= 15 is 0 Å². The van der Waals surface area contributed by atoms with Gasteiger partial charge in [0.15, 0.2) is 0 Å². The number of benzene rings is 1. The fraction of sp³-hybridized carbons (Fsp3) is 0.381. The number of amides is 2. The molecule has 1 aromatic heterocycles. The molecular weight excluding hydrogens is 393 g/mol. The lowest BCUT2D eigenvalue weighted by Crippen LogP contribution is -2.42. The van der Waals surface area contributed by atoms with Gasteiger partial charge in [-0.1, -0.05) is 31.2 Å². The van der Waals surface area contributed by atoms with Gasteiger partial charge in [0.25, 0.3) is 5.91 Å². The zero-order chi connectivity index (χ0) is 20.8. The van der Waals surface area contributed by atoms with Crippen LogP contribution in [0.25, 0.3) is 0 Å². The van der Waals surface area contributed by atoms with Crippen LogP contribution in [-0.2, 0) is 14.3 Å². The SMILES string of the molecule is CCC(=O)N(CCOC)CC(=O)N1N=C(c2ccccc2F)C[C@H]1c1cccs1. The molecule has 3 rings (SSSR count). The molecule has 1 aromatic carbocycles. The predicted molar refractivity (Wildman–Crippen MR) is 110 cm³/mol. The highest BCUT2D eigenvalue weighted by Gasteiger charge is 2.35. The summed E-state index contributed by atoms with van der Waals surface area (Å²) in [6.45, 7) is 2.34. The normalized spacial score (nSPS) is 16.0. The quantitative estimate of drug-likeness (QED) is 0.661. The van der Waals surface area contributed by atoms with Gasteiger partial charge in [-0.25, -0.2) is 9.40 Å². The van der Waals surface area contributed by atoms with E-state index < -0.39 is 0 Å².